The Labute approximate surface area is 214 Å². The predicted octanol–water partition coefficient (Wildman–Crippen LogP) is 5.56. The Hall–Kier alpha value is -4.40. The van der Waals surface area contributed by atoms with Crippen molar-refractivity contribution in [2.24, 2.45) is 5.41 Å². The van der Waals surface area contributed by atoms with Gasteiger partial charge in [-0.15, -0.1) is 0 Å². The van der Waals surface area contributed by atoms with E-state index < -0.39 is 17.6 Å². The minimum Gasteiger partial charge on any atom is -0.441 e. The van der Waals surface area contributed by atoms with Crippen LogP contribution in [0.3, 0.4) is 0 Å². The lowest BCUT2D eigenvalue weighted by Crippen LogP contribution is -2.26. The summed E-state index contributed by atoms with van der Waals surface area (Å²) in [6, 6.07) is 6.79. The first kappa shape index (κ1) is 25.7. The molecule has 0 aliphatic rings. The molecular weight excluding hydrogens is 473 g/mol. The number of hydrogen-bond donors (Lipinski definition) is 0. The molecule has 4 heterocycles. The van der Waals surface area contributed by atoms with Gasteiger partial charge in [0.2, 0.25) is 11.9 Å². The van der Waals surface area contributed by atoms with Gasteiger partial charge in [-0.25, -0.2) is 9.97 Å². The molecule has 9 heteroatoms. The van der Waals surface area contributed by atoms with Crippen molar-refractivity contribution in [2.75, 3.05) is 11.9 Å². The standard InChI is InChI=1S/C28H28FN5O3/c1-7-25(35)33(6)21-10-19(13-30-15-21)20-11-22-23(18-8-9-31-24(29)12-18)16-34(26(22)32-14-20)17(2)37-27(36)28(3,4)5/h7-17H,1H2,2-6H3. The molecule has 0 saturated carbocycles. The van der Waals surface area contributed by atoms with Gasteiger partial charge in [0.05, 0.1) is 17.3 Å². The Bertz CT molecular complexity index is 1510. The van der Waals surface area contributed by atoms with Crippen LogP contribution < -0.4 is 4.90 Å². The number of nitrogens with zero attached hydrogens (tertiary/aromatic N) is 5. The first-order valence-electron chi connectivity index (χ1n) is 11.7. The predicted molar refractivity (Wildman–Crippen MR) is 140 cm³/mol. The largest absolute Gasteiger partial charge is 0.441 e. The normalized spacial score (nSPS) is 12.3. The van der Waals surface area contributed by atoms with E-state index in [9.17, 15) is 14.0 Å². The van der Waals surface area contributed by atoms with Gasteiger partial charge in [0, 0.05) is 60.0 Å². The summed E-state index contributed by atoms with van der Waals surface area (Å²) in [4.78, 5) is 38.7. The maximum atomic E-state index is 14.0. The number of fused-ring (bicyclic) bond motifs is 1. The van der Waals surface area contributed by atoms with Gasteiger partial charge in [0.25, 0.3) is 0 Å². The highest BCUT2D eigenvalue weighted by Gasteiger charge is 2.27. The number of amides is 1. The second-order valence-electron chi connectivity index (χ2n) is 9.70. The second kappa shape index (κ2) is 9.93. The Balaban J connectivity index is 1.85. The summed E-state index contributed by atoms with van der Waals surface area (Å²) in [6.07, 6.45) is 8.71. The third-order valence-electron chi connectivity index (χ3n) is 5.94. The third-order valence-corrected chi connectivity index (χ3v) is 5.94. The number of pyridine rings is 3. The SMILES string of the molecule is C=CC(=O)N(C)c1cncc(-c2cnc3c(c2)c(-c2ccnc(F)c2)cn3C(C)OC(=O)C(C)(C)C)c1. The first-order valence-corrected chi connectivity index (χ1v) is 11.7. The summed E-state index contributed by atoms with van der Waals surface area (Å²) in [7, 11) is 1.64. The van der Waals surface area contributed by atoms with E-state index in [2.05, 4.69) is 21.5 Å². The molecule has 1 atom stereocenters. The topological polar surface area (TPSA) is 90.2 Å². The lowest BCUT2D eigenvalue weighted by Gasteiger charge is -2.22. The summed E-state index contributed by atoms with van der Waals surface area (Å²) in [5, 5.41) is 0.725. The van der Waals surface area contributed by atoms with Crippen LogP contribution in [0.5, 0.6) is 0 Å². The van der Waals surface area contributed by atoms with E-state index in [0.29, 0.717) is 22.5 Å². The molecule has 1 amide bonds. The van der Waals surface area contributed by atoms with E-state index in [1.807, 2.05) is 12.1 Å². The highest BCUT2D eigenvalue weighted by Crippen LogP contribution is 2.35. The molecule has 0 aliphatic carbocycles. The van der Waals surface area contributed by atoms with Crippen LogP contribution in [0.15, 0.2) is 67.9 Å². The van der Waals surface area contributed by atoms with Crippen LogP contribution >= 0.6 is 0 Å². The van der Waals surface area contributed by atoms with Crippen molar-refractivity contribution in [3.63, 3.8) is 0 Å². The summed E-state index contributed by atoms with van der Waals surface area (Å²) in [5.41, 5.74) is 3.27. The van der Waals surface area contributed by atoms with Crippen molar-refractivity contribution in [3.05, 3.63) is 73.9 Å². The maximum absolute atomic E-state index is 14.0. The molecule has 0 N–H and O–H groups in total. The van der Waals surface area contributed by atoms with Crippen molar-refractivity contribution in [2.45, 2.75) is 33.9 Å². The van der Waals surface area contributed by atoms with Crippen LogP contribution in [-0.4, -0.2) is 38.4 Å². The number of esters is 1. The number of aromatic nitrogens is 4. The Morgan fingerprint density at radius 2 is 1.84 bits per heavy atom. The zero-order valence-corrected chi connectivity index (χ0v) is 21.4. The lowest BCUT2D eigenvalue weighted by atomic mass is 9.97. The summed E-state index contributed by atoms with van der Waals surface area (Å²) in [5.74, 6) is -1.22. The van der Waals surface area contributed by atoms with Crippen molar-refractivity contribution in [1.82, 2.24) is 19.5 Å². The highest BCUT2D eigenvalue weighted by molar-refractivity contribution is 6.01. The number of ether oxygens (including phenoxy) is 1. The summed E-state index contributed by atoms with van der Waals surface area (Å²) in [6.45, 7) is 10.6. The quantitative estimate of drug-likeness (QED) is 0.195. The molecule has 0 saturated heterocycles. The zero-order valence-electron chi connectivity index (χ0n) is 21.4. The van der Waals surface area contributed by atoms with E-state index in [-0.39, 0.29) is 11.9 Å². The van der Waals surface area contributed by atoms with Gasteiger partial charge in [-0.1, -0.05) is 6.58 Å². The summed E-state index contributed by atoms with van der Waals surface area (Å²) < 4.78 is 21.5. The number of hydrogen-bond acceptors (Lipinski definition) is 6. The molecule has 0 aliphatic heterocycles. The molecule has 0 radical (unpaired) electrons. The fraction of sp³-hybridized carbons (Fsp3) is 0.250. The van der Waals surface area contributed by atoms with Gasteiger partial charge in [-0.05, 0) is 57.5 Å². The molecule has 0 spiro atoms. The van der Waals surface area contributed by atoms with Crippen LogP contribution in [0.1, 0.15) is 33.9 Å². The second-order valence-corrected chi connectivity index (χ2v) is 9.70. The lowest BCUT2D eigenvalue weighted by molar-refractivity contribution is -0.162. The van der Waals surface area contributed by atoms with E-state index in [4.69, 9.17) is 4.74 Å². The Morgan fingerprint density at radius 3 is 2.51 bits per heavy atom. The van der Waals surface area contributed by atoms with Crippen LogP contribution in [0.2, 0.25) is 0 Å². The minimum absolute atomic E-state index is 0.259. The number of halogens is 1. The monoisotopic (exact) mass is 501 g/mol. The van der Waals surface area contributed by atoms with Crippen molar-refractivity contribution < 1.29 is 18.7 Å². The van der Waals surface area contributed by atoms with E-state index in [1.165, 1.54) is 23.2 Å². The van der Waals surface area contributed by atoms with E-state index >= 15 is 0 Å². The molecule has 1 unspecified atom stereocenters. The van der Waals surface area contributed by atoms with Gasteiger partial charge < -0.3 is 9.64 Å². The van der Waals surface area contributed by atoms with Crippen molar-refractivity contribution >= 4 is 28.6 Å². The van der Waals surface area contributed by atoms with E-state index in [1.54, 1.807) is 70.2 Å². The van der Waals surface area contributed by atoms with Crippen LogP contribution in [-0.2, 0) is 14.3 Å². The molecule has 8 nitrogen and oxygen atoms in total. The summed E-state index contributed by atoms with van der Waals surface area (Å²) >= 11 is 0. The fourth-order valence-corrected chi connectivity index (χ4v) is 3.79. The Kier molecular flexibility index (Phi) is 6.89. The van der Waals surface area contributed by atoms with E-state index in [0.717, 1.165) is 16.5 Å². The van der Waals surface area contributed by atoms with Crippen LogP contribution in [0.4, 0.5) is 10.1 Å². The molecule has 0 aromatic carbocycles. The molecule has 4 aromatic rings. The molecule has 0 bridgehead atoms. The number of anilines is 1. The Morgan fingerprint density at radius 1 is 1.11 bits per heavy atom. The maximum Gasteiger partial charge on any atom is 0.313 e. The van der Waals surface area contributed by atoms with Gasteiger partial charge >= 0.3 is 5.97 Å². The average molecular weight is 502 g/mol. The van der Waals surface area contributed by atoms with Gasteiger partial charge in [0.15, 0.2) is 6.23 Å². The van der Waals surface area contributed by atoms with Crippen molar-refractivity contribution in [1.29, 1.82) is 0 Å². The molecule has 190 valence electrons. The molecule has 37 heavy (non-hydrogen) atoms. The van der Waals surface area contributed by atoms with Gasteiger partial charge in [-0.2, -0.15) is 4.39 Å². The number of likely N-dealkylation sites (N-methyl/N-ethyl adjacent to an activating group) is 1. The zero-order chi connectivity index (χ0) is 26.9. The number of rotatable bonds is 6. The number of carbonyl (C=O) groups is 2. The molecular formula is C28H28FN5O3. The molecule has 4 aromatic heterocycles. The fourth-order valence-electron chi connectivity index (χ4n) is 3.79. The smallest absolute Gasteiger partial charge is 0.313 e. The molecule has 0 fully saturated rings. The highest BCUT2D eigenvalue weighted by atomic mass is 19.1. The average Bonchev–Trinajstić information content (AvgIpc) is 3.26. The van der Waals surface area contributed by atoms with Crippen LogP contribution in [0.25, 0.3) is 33.3 Å². The third kappa shape index (κ3) is 5.25. The first-order chi connectivity index (χ1) is 17.5. The van der Waals surface area contributed by atoms with Crippen molar-refractivity contribution in [3.8, 4) is 22.3 Å². The van der Waals surface area contributed by atoms with Gasteiger partial charge in [0.1, 0.15) is 5.65 Å². The minimum atomic E-state index is -0.674. The number of carbonyl (C=O) groups excluding carboxylic acids is 2. The molecule has 4 rings (SSSR count). The van der Waals surface area contributed by atoms with Gasteiger partial charge in [-0.3, -0.25) is 19.1 Å². The van der Waals surface area contributed by atoms with Crippen LogP contribution in [0, 0.1) is 11.4 Å².